The van der Waals surface area contributed by atoms with Crippen molar-refractivity contribution in [3.63, 3.8) is 0 Å². The monoisotopic (exact) mass is 333 g/mol. The predicted octanol–water partition coefficient (Wildman–Crippen LogP) is 3.01. The van der Waals surface area contributed by atoms with Crippen LogP contribution in [0.5, 0.6) is 5.75 Å². The van der Waals surface area contributed by atoms with Gasteiger partial charge in [0.1, 0.15) is 6.61 Å². The Morgan fingerprint density at radius 3 is 2.53 bits per heavy atom. The van der Waals surface area contributed by atoms with Crippen LogP contribution >= 0.6 is 15.9 Å². The van der Waals surface area contributed by atoms with Crippen molar-refractivity contribution < 1.29 is 19.0 Å². The fourth-order valence-corrected chi connectivity index (χ4v) is 1.69. The third kappa shape index (κ3) is 3.67. The summed E-state index contributed by atoms with van der Waals surface area (Å²) < 4.78 is 19.3. The average molecular weight is 334 g/mol. The second kappa shape index (κ2) is 5.88. The molecular formula is C13H17BrFNO3. The zero-order chi connectivity index (χ0) is 14.8. The van der Waals surface area contributed by atoms with Gasteiger partial charge < -0.3 is 14.7 Å². The Hall–Kier alpha value is -1.14. The van der Waals surface area contributed by atoms with Crippen molar-refractivity contribution in [2.45, 2.75) is 19.4 Å². The quantitative estimate of drug-likeness (QED) is 0.899. The third-order valence-corrected chi connectivity index (χ3v) is 3.84. The Bertz CT molecular complexity index is 489. The molecule has 0 aliphatic rings. The van der Waals surface area contributed by atoms with E-state index in [0.717, 1.165) is 0 Å². The number of nitrogens with zero attached hydrogens (tertiary/aromatic N) is 1. The summed E-state index contributed by atoms with van der Waals surface area (Å²) in [6.45, 7) is 4.22. The highest BCUT2D eigenvalue weighted by Crippen LogP contribution is 2.29. The highest BCUT2D eigenvalue weighted by Gasteiger charge is 2.23. The minimum absolute atomic E-state index is 0.0341. The molecule has 0 atom stereocenters. The number of carbonyl (C=O) groups is 1. The van der Waals surface area contributed by atoms with Crippen LogP contribution in [0.2, 0.25) is 0 Å². The number of carboxylic acid groups (broad SMARTS) is 1. The first-order valence-electron chi connectivity index (χ1n) is 5.68. The summed E-state index contributed by atoms with van der Waals surface area (Å²) >= 11 is 2.93. The van der Waals surface area contributed by atoms with Gasteiger partial charge in [-0.3, -0.25) is 0 Å². The lowest BCUT2D eigenvalue weighted by Crippen LogP contribution is -2.43. The second-order valence-corrected chi connectivity index (χ2v) is 5.83. The highest BCUT2D eigenvalue weighted by atomic mass is 79.9. The van der Waals surface area contributed by atoms with Crippen LogP contribution in [0.15, 0.2) is 16.6 Å². The van der Waals surface area contributed by atoms with Crippen molar-refractivity contribution in [1.82, 2.24) is 4.90 Å². The maximum atomic E-state index is 13.9. The molecule has 4 nitrogen and oxygen atoms in total. The van der Waals surface area contributed by atoms with Gasteiger partial charge >= 0.3 is 5.97 Å². The molecule has 0 aliphatic heterocycles. The molecule has 1 rings (SSSR count). The molecule has 0 spiro atoms. The van der Waals surface area contributed by atoms with Crippen LogP contribution < -0.4 is 4.74 Å². The highest BCUT2D eigenvalue weighted by molar-refractivity contribution is 9.10. The Balaban J connectivity index is 2.93. The van der Waals surface area contributed by atoms with E-state index in [0.29, 0.717) is 0 Å². The van der Waals surface area contributed by atoms with E-state index in [-0.39, 0.29) is 27.9 Å². The summed E-state index contributed by atoms with van der Waals surface area (Å²) in [5, 5.41) is 8.87. The molecule has 6 heteroatoms. The number of carboxylic acids is 1. The lowest BCUT2D eigenvalue weighted by Gasteiger charge is -2.32. The normalized spacial score (nSPS) is 11.7. The van der Waals surface area contributed by atoms with Crippen LogP contribution in [0.1, 0.15) is 24.2 Å². The number of halogens is 2. The first kappa shape index (κ1) is 15.9. The molecular weight excluding hydrogens is 317 g/mol. The minimum atomic E-state index is -1.19. The van der Waals surface area contributed by atoms with Crippen molar-refractivity contribution in [3.8, 4) is 5.75 Å². The van der Waals surface area contributed by atoms with Gasteiger partial charge in [0.05, 0.1) is 10.0 Å². The first-order valence-corrected chi connectivity index (χ1v) is 6.47. The molecule has 19 heavy (non-hydrogen) atoms. The number of aromatic carboxylic acids is 1. The van der Waals surface area contributed by atoms with Gasteiger partial charge in [-0.25, -0.2) is 9.18 Å². The SMILES string of the molecule is CN(C)C(C)(C)COc1ccc(C(=O)O)c(Br)c1F. The number of rotatable bonds is 5. The standard InChI is InChI=1S/C13H17BrFNO3/c1-13(2,16(3)4)7-19-9-6-5-8(12(17)18)10(14)11(9)15/h5-6H,7H2,1-4H3,(H,17,18). The molecule has 1 aromatic rings. The van der Waals surface area contributed by atoms with Crippen LogP contribution in [-0.2, 0) is 0 Å². The fourth-order valence-electron chi connectivity index (χ4n) is 1.19. The van der Waals surface area contributed by atoms with Crippen LogP contribution in [0.4, 0.5) is 4.39 Å². The van der Waals surface area contributed by atoms with E-state index in [1.807, 2.05) is 32.8 Å². The number of benzene rings is 1. The Morgan fingerprint density at radius 2 is 2.05 bits per heavy atom. The summed E-state index contributed by atoms with van der Waals surface area (Å²) in [7, 11) is 3.81. The van der Waals surface area contributed by atoms with Crippen LogP contribution in [0.3, 0.4) is 0 Å². The lowest BCUT2D eigenvalue weighted by molar-refractivity contribution is 0.0694. The van der Waals surface area contributed by atoms with Crippen LogP contribution in [0, 0.1) is 5.82 Å². The van der Waals surface area contributed by atoms with Crippen LogP contribution in [0.25, 0.3) is 0 Å². The summed E-state index contributed by atoms with van der Waals surface area (Å²) in [5.74, 6) is -1.85. The van der Waals surface area contributed by atoms with E-state index in [9.17, 15) is 9.18 Å². The van der Waals surface area contributed by atoms with Gasteiger partial charge in [0.25, 0.3) is 0 Å². The molecule has 1 N–H and O–H groups in total. The molecule has 0 aliphatic carbocycles. The molecule has 0 saturated carbocycles. The van der Waals surface area contributed by atoms with E-state index in [1.165, 1.54) is 12.1 Å². The van der Waals surface area contributed by atoms with Gasteiger partial charge in [-0.05, 0) is 56.0 Å². The van der Waals surface area contributed by atoms with E-state index >= 15 is 0 Å². The summed E-state index contributed by atoms with van der Waals surface area (Å²) in [4.78, 5) is 12.8. The molecule has 0 amide bonds. The van der Waals surface area contributed by atoms with E-state index in [4.69, 9.17) is 9.84 Å². The number of hydrogen-bond donors (Lipinski definition) is 1. The topological polar surface area (TPSA) is 49.8 Å². The van der Waals surface area contributed by atoms with Gasteiger partial charge in [0.15, 0.2) is 11.6 Å². The van der Waals surface area contributed by atoms with Crippen LogP contribution in [-0.4, -0.2) is 42.2 Å². The average Bonchev–Trinajstić information content (AvgIpc) is 2.30. The summed E-state index contributed by atoms with van der Waals surface area (Å²) in [6.07, 6.45) is 0. The molecule has 0 saturated heterocycles. The number of hydrogen-bond acceptors (Lipinski definition) is 3. The number of ether oxygens (including phenoxy) is 1. The lowest BCUT2D eigenvalue weighted by atomic mass is 10.1. The zero-order valence-corrected chi connectivity index (χ0v) is 12.9. The molecule has 0 radical (unpaired) electrons. The largest absolute Gasteiger partial charge is 0.489 e. The molecule has 0 fully saturated rings. The molecule has 106 valence electrons. The maximum Gasteiger partial charge on any atom is 0.336 e. The predicted molar refractivity (Wildman–Crippen MR) is 74.3 cm³/mol. The zero-order valence-electron chi connectivity index (χ0n) is 11.3. The van der Waals surface area contributed by atoms with Gasteiger partial charge in [-0.1, -0.05) is 0 Å². The van der Waals surface area contributed by atoms with E-state index in [2.05, 4.69) is 15.9 Å². The van der Waals surface area contributed by atoms with Crippen molar-refractivity contribution >= 4 is 21.9 Å². The van der Waals surface area contributed by atoms with Gasteiger partial charge in [0, 0.05) is 5.54 Å². The van der Waals surface area contributed by atoms with E-state index < -0.39 is 11.8 Å². The van der Waals surface area contributed by atoms with Crippen molar-refractivity contribution in [2.24, 2.45) is 0 Å². The molecule has 0 aromatic heterocycles. The fraction of sp³-hybridized carbons (Fsp3) is 0.462. The molecule has 0 unspecified atom stereocenters. The maximum absolute atomic E-state index is 13.9. The summed E-state index contributed by atoms with van der Waals surface area (Å²) in [5.41, 5.74) is -0.388. The smallest absolute Gasteiger partial charge is 0.336 e. The molecule has 1 aromatic carbocycles. The Morgan fingerprint density at radius 1 is 1.47 bits per heavy atom. The van der Waals surface area contributed by atoms with Crippen molar-refractivity contribution in [2.75, 3.05) is 20.7 Å². The Kier molecular flexibility index (Phi) is 4.92. The van der Waals surface area contributed by atoms with Gasteiger partial charge in [-0.15, -0.1) is 0 Å². The van der Waals surface area contributed by atoms with Crippen molar-refractivity contribution in [3.05, 3.63) is 28.0 Å². The molecule has 0 heterocycles. The third-order valence-electron chi connectivity index (χ3n) is 3.07. The molecule has 0 bridgehead atoms. The van der Waals surface area contributed by atoms with Gasteiger partial charge in [-0.2, -0.15) is 0 Å². The Labute approximate surface area is 120 Å². The minimum Gasteiger partial charge on any atom is -0.489 e. The van der Waals surface area contributed by atoms with E-state index in [1.54, 1.807) is 0 Å². The second-order valence-electron chi connectivity index (χ2n) is 5.04. The first-order chi connectivity index (χ1) is 8.66. The summed E-state index contributed by atoms with van der Waals surface area (Å²) in [6, 6.07) is 2.64. The van der Waals surface area contributed by atoms with Crippen molar-refractivity contribution in [1.29, 1.82) is 0 Å². The van der Waals surface area contributed by atoms with Gasteiger partial charge in [0.2, 0.25) is 0 Å². The number of likely N-dealkylation sites (N-methyl/N-ethyl adjacent to an activating group) is 1.